The van der Waals surface area contributed by atoms with Gasteiger partial charge in [-0.15, -0.1) is 0 Å². The minimum Gasteiger partial charge on any atom is -0.392 e. The number of benzene rings is 2. The number of aliphatic hydroxyl groups excluding tert-OH is 1. The molecule has 0 bridgehead atoms. The first-order valence-electron chi connectivity index (χ1n) is 6.18. The van der Waals surface area contributed by atoms with E-state index in [1.807, 2.05) is 54.6 Å². The normalized spacial score (nSPS) is 11.1. The topological polar surface area (TPSA) is 44.0 Å². The lowest BCUT2D eigenvalue weighted by Crippen LogP contribution is -1.91. The minimum atomic E-state index is 0.00414. The first kappa shape index (κ1) is 13.1. The number of rotatable bonds is 4. The number of hydrogen-bond donors (Lipinski definition) is 1. The molecule has 94 valence electrons. The van der Waals surface area contributed by atoms with Crippen LogP contribution in [0, 0.1) is 11.3 Å². The van der Waals surface area contributed by atoms with Crippen molar-refractivity contribution in [3.8, 4) is 6.07 Å². The summed E-state index contributed by atoms with van der Waals surface area (Å²) in [6.45, 7) is 0.00414. The van der Waals surface area contributed by atoms with Crippen LogP contribution >= 0.6 is 0 Å². The van der Waals surface area contributed by atoms with Crippen LogP contribution in [0.4, 0.5) is 0 Å². The van der Waals surface area contributed by atoms with Gasteiger partial charge in [0, 0.05) is 0 Å². The second-order valence-corrected chi connectivity index (χ2v) is 4.20. The Labute approximate surface area is 113 Å². The molecule has 0 atom stereocenters. The predicted molar refractivity (Wildman–Crippen MR) is 76.4 cm³/mol. The van der Waals surface area contributed by atoms with Crippen molar-refractivity contribution in [2.75, 3.05) is 6.61 Å². The van der Waals surface area contributed by atoms with E-state index in [0.29, 0.717) is 6.42 Å². The highest BCUT2D eigenvalue weighted by Gasteiger charge is 2.04. The molecule has 0 unspecified atom stereocenters. The average Bonchev–Trinajstić information content (AvgIpc) is 2.47. The van der Waals surface area contributed by atoms with Gasteiger partial charge in [-0.25, -0.2) is 0 Å². The molecule has 2 heteroatoms. The molecule has 0 saturated carbocycles. The first-order valence-corrected chi connectivity index (χ1v) is 6.18. The van der Waals surface area contributed by atoms with Crippen LogP contribution in [0.5, 0.6) is 0 Å². The summed E-state index contributed by atoms with van der Waals surface area (Å²) in [6, 6.07) is 20.0. The zero-order valence-corrected chi connectivity index (χ0v) is 10.6. The van der Waals surface area contributed by atoms with E-state index >= 15 is 0 Å². The third-order valence-electron chi connectivity index (χ3n) is 2.93. The zero-order valence-electron chi connectivity index (χ0n) is 10.6. The van der Waals surface area contributed by atoms with Crippen molar-refractivity contribution in [2.45, 2.75) is 6.42 Å². The molecule has 0 amide bonds. The van der Waals surface area contributed by atoms with Crippen molar-refractivity contribution in [1.82, 2.24) is 0 Å². The molecule has 0 aromatic heterocycles. The Hall–Kier alpha value is -2.37. The maximum atomic E-state index is 9.18. The van der Waals surface area contributed by atoms with Crippen molar-refractivity contribution in [3.05, 3.63) is 77.4 Å². The second kappa shape index (κ2) is 6.53. The summed E-state index contributed by atoms with van der Waals surface area (Å²) in [5.41, 5.74) is 4.13. The van der Waals surface area contributed by atoms with Crippen LogP contribution < -0.4 is 0 Å². The number of aliphatic hydroxyl groups is 1. The molecule has 19 heavy (non-hydrogen) atoms. The van der Waals surface area contributed by atoms with Gasteiger partial charge in [-0.1, -0.05) is 60.7 Å². The van der Waals surface area contributed by atoms with E-state index in [9.17, 15) is 5.11 Å². The van der Waals surface area contributed by atoms with Crippen LogP contribution in [0.1, 0.15) is 16.7 Å². The zero-order chi connectivity index (χ0) is 13.5. The number of hydrogen-bond acceptors (Lipinski definition) is 2. The van der Waals surface area contributed by atoms with Crippen molar-refractivity contribution in [2.24, 2.45) is 0 Å². The highest BCUT2D eigenvalue weighted by Crippen LogP contribution is 2.23. The summed E-state index contributed by atoms with van der Waals surface area (Å²) >= 11 is 0. The van der Waals surface area contributed by atoms with Crippen molar-refractivity contribution >= 4 is 5.57 Å². The van der Waals surface area contributed by atoms with Crippen LogP contribution in [0.15, 0.2) is 60.7 Å². The molecule has 2 aromatic carbocycles. The predicted octanol–water partition coefficient (Wildman–Crippen LogP) is 3.18. The summed E-state index contributed by atoms with van der Waals surface area (Å²) in [5, 5.41) is 17.8. The average molecular weight is 249 g/mol. The molecule has 1 N–H and O–H groups in total. The number of nitriles is 1. The van der Waals surface area contributed by atoms with Crippen LogP contribution in [0.25, 0.3) is 5.57 Å². The largest absolute Gasteiger partial charge is 0.392 e. The van der Waals surface area contributed by atoms with Crippen LogP contribution in [0.2, 0.25) is 0 Å². The van der Waals surface area contributed by atoms with Gasteiger partial charge >= 0.3 is 0 Å². The van der Waals surface area contributed by atoms with Gasteiger partial charge in [-0.2, -0.15) is 5.26 Å². The smallest absolute Gasteiger partial charge is 0.0669 e. The van der Waals surface area contributed by atoms with Gasteiger partial charge in [0.2, 0.25) is 0 Å². The fraction of sp³-hybridized carbons (Fsp3) is 0.118. The molecule has 2 nitrogen and oxygen atoms in total. The molecular weight excluding hydrogens is 234 g/mol. The third-order valence-corrected chi connectivity index (χ3v) is 2.93. The monoisotopic (exact) mass is 249 g/mol. The van der Waals surface area contributed by atoms with E-state index in [2.05, 4.69) is 6.07 Å². The molecule has 2 rings (SSSR count). The Morgan fingerprint density at radius 2 is 1.63 bits per heavy atom. The van der Waals surface area contributed by atoms with Gasteiger partial charge in [-0.3, -0.25) is 0 Å². The third kappa shape index (κ3) is 3.31. The molecule has 2 aromatic rings. The molecule has 0 fully saturated rings. The van der Waals surface area contributed by atoms with Crippen molar-refractivity contribution < 1.29 is 5.11 Å². The molecule has 0 aliphatic rings. The van der Waals surface area contributed by atoms with Crippen molar-refractivity contribution in [1.29, 1.82) is 5.26 Å². The van der Waals surface area contributed by atoms with Gasteiger partial charge in [-0.05, 0) is 22.3 Å². The van der Waals surface area contributed by atoms with Crippen LogP contribution in [-0.4, -0.2) is 11.7 Å². The molecule has 0 spiro atoms. The van der Waals surface area contributed by atoms with E-state index in [1.54, 1.807) is 6.08 Å². The Morgan fingerprint density at radius 1 is 1.00 bits per heavy atom. The molecule has 0 aliphatic heterocycles. The minimum absolute atomic E-state index is 0.00414. The molecular formula is C17H15NO. The van der Waals surface area contributed by atoms with Gasteiger partial charge in [0.05, 0.1) is 19.1 Å². The fourth-order valence-electron chi connectivity index (χ4n) is 2.00. The van der Waals surface area contributed by atoms with Gasteiger partial charge in [0.15, 0.2) is 0 Å². The maximum absolute atomic E-state index is 9.18. The lowest BCUT2D eigenvalue weighted by atomic mass is 9.96. The Bertz CT molecular complexity index is 591. The van der Waals surface area contributed by atoms with Gasteiger partial charge in [0.25, 0.3) is 0 Å². The maximum Gasteiger partial charge on any atom is 0.0669 e. The summed E-state index contributed by atoms with van der Waals surface area (Å²) in [6.07, 6.45) is 2.22. The molecule has 0 heterocycles. The summed E-state index contributed by atoms with van der Waals surface area (Å²) < 4.78 is 0. The van der Waals surface area contributed by atoms with E-state index in [0.717, 1.165) is 22.3 Å². The lowest BCUT2D eigenvalue weighted by Gasteiger charge is -2.08. The quantitative estimate of drug-likeness (QED) is 0.904. The number of nitrogens with zero attached hydrogens (tertiary/aromatic N) is 1. The fourth-order valence-corrected chi connectivity index (χ4v) is 2.00. The van der Waals surface area contributed by atoms with Crippen LogP contribution in [0.3, 0.4) is 0 Å². The molecule has 0 saturated heterocycles. The van der Waals surface area contributed by atoms with Crippen molar-refractivity contribution in [3.63, 3.8) is 0 Å². The standard InChI is InChI=1S/C17H15NO/c18-12-10-14-6-8-16(9-7-14)17(11-13-19)15-4-2-1-3-5-15/h1-9,11,19H,10,13H2. The summed E-state index contributed by atoms with van der Waals surface area (Å²) in [5.74, 6) is 0. The highest BCUT2D eigenvalue weighted by molar-refractivity contribution is 5.79. The van der Waals surface area contributed by atoms with E-state index < -0.39 is 0 Å². The Morgan fingerprint density at radius 3 is 2.21 bits per heavy atom. The lowest BCUT2D eigenvalue weighted by molar-refractivity contribution is 0.343. The van der Waals surface area contributed by atoms with E-state index in [-0.39, 0.29) is 6.61 Å². The van der Waals surface area contributed by atoms with E-state index in [4.69, 9.17) is 5.26 Å². The summed E-state index contributed by atoms with van der Waals surface area (Å²) in [4.78, 5) is 0. The molecule has 0 radical (unpaired) electrons. The SMILES string of the molecule is N#CCc1ccc(C(=CCO)c2ccccc2)cc1. The Balaban J connectivity index is 2.36. The highest BCUT2D eigenvalue weighted by atomic mass is 16.2. The Kier molecular flexibility index (Phi) is 4.49. The molecule has 0 aliphatic carbocycles. The van der Waals surface area contributed by atoms with Crippen LogP contribution in [-0.2, 0) is 6.42 Å². The second-order valence-electron chi connectivity index (χ2n) is 4.20. The van der Waals surface area contributed by atoms with E-state index in [1.165, 1.54) is 0 Å². The van der Waals surface area contributed by atoms with Gasteiger partial charge in [0.1, 0.15) is 0 Å². The van der Waals surface area contributed by atoms with Gasteiger partial charge < -0.3 is 5.11 Å². The summed E-state index contributed by atoms with van der Waals surface area (Å²) in [7, 11) is 0. The first-order chi connectivity index (χ1) is 9.35.